The van der Waals surface area contributed by atoms with Crippen molar-refractivity contribution in [2.45, 2.75) is 6.92 Å². The molecule has 2 rings (SSSR count). The van der Waals surface area contributed by atoms with Crippen LogP contribution in [0.2, 0.25) is 5.02 Å². The number of nitriles is 1. The predicted molar refractivity (Wildman–Crippen MR) is 65.2 cm³/mol. The van der Waals surface area contributed by atoms with E-state index in [-0.39, 0.29) is 5.69 Å². The number of ether oxygens (including phenoxy) is 1. The molecular formula is C13H9ClN2O. The molecule has 0 atom stereocenters. The van der Waals surface area contributed by atoms with Gasteiger partial charge in [0.2, 0.25) is 0 Å². The summed E-state index contributed by atoms with van der Waals surface area (Å²) in [5.41, 5.74) is 1.19. The van der Waals surface area contributed by atoms with Crippen molar-refractivity contribution in [2.24, 2.45) is 0 Å². The van der Waals surface area contributed by atoms with Crippen LogP contribution in [0.15, 0.2) is 36.5 Å². The summed E-state index contributed by atoms with van der Waals surface area (Å²) in [5.74, 6) is 1.08. The van der Waals surface area contributed by atoms with Crippen LogP contribution in [0, 0.1) is 18.3 Å². The molecule has 2 aromatic rings. The first-order valence-corrected chi connectivity index (χ1v) is 5.37. The van der Waals surface area contributed by atoms with Gasteiger partial charge in [-0.05, 0) is 42.8 Å². The fraction of sp³-hybridized carbons (Fsp3) is 0.0769. The first kappa shape index (κ1) is 11.4. The van der Waals surface area contributed by atoms with Gasteiger partial charge in [0.1, 0.15) is 11.8 Å². The van der Waals surface area contributed by atoms with E-state index in [0.29, 0.717) is 16.5 Å². The third-order valence-corrected chi connectivity index (χ3v) is 2.66. The topological polar surface area (TPSA) is 45.9 Å². The van der Waals surface area contributed by atoms with Gasteiger partial charge in [0.05, 0.1) is 0 Å². The monoisotopic (exact) mass is 244 g/mol. The third-order valence-electron chi connectivity index (χ3n) is 2.23. The van der Waals surface area contributed by atoms with E-state index in [2.05, 4.69) is 4.98 Å². The van der Waals surface area contributed by atoms with Crippen molar-refractivity contribution >= 4 is 11.6 Å². The predicted octanol–water partition coefficient (Wildman–Crippen LogP) is 3.71. The molecule has 0 amide bonds. The summed E-state index contributed by atoms with van der Waals surface area (Å²) in [6.07, 6.45) is 1.55. The van der Waals surface area contributed by atoms with Crippen molar-refractivity contribution < 1.29 is 4.74 Å². The lowest BCUT2D eigenvalue weighted by molar-refractivity contribution is 0.478. The number of halogens is 1. The van der Waals surface area contributed by atoms with Gasteiger partial charge in [-0.15, -0.1) is 0 Å². The van der Waals surface area contributed by atoms with Crippen LogP contribution in [0.5, 0.6) is 11.5 Å². The highest BCUT2D eigenvalue weighted by molar-refractivity contribution is 6.31. The smallest absolute Gasteiger partial charge is 0.183 e. The Morgan fingerprint density at radius 2 is 2.18 bits per heavy atom. The van der Waals surface area contributed by atoms with E-state index in [9.17, 15) is 0 Å². The second-order valence-electron chi connectivity index (χ2n) is 3.48. The Balaban J connectivity index is 2.32. The normalized spacial score (nSPS) is 9.71. The van der Waals surface area contributed by atoms with E-state index >= 15 is 0 Å². The summed E-state index contributed by atoms with van der Waals surface area (Å²) in [5, 5.41) is 9.57. The van der Waals surface area contributed by atoms with Gasteiger partial charge in [0.25, 0.3) is 0 Å². The molecule has 0 aliphatic carbocycles. The van der Waals surface area contributed by atoms with Gasteiger partial charge < -0.3 is 4.74 Å². The molecule has 1 heterocycles. The minimum atomic E-state index is 0.264. The number of nitrogens with zero attached hydrogens (tertiary/aromatic N) is 2. The molecule has 0 N–H and O–H groups in total. The highest BCUT2D eigenvalue weighted by Gasteiger charge is 2.05. The molecular weight excluding hydrogens is 236 g/mol. The van der Waals surface area contributed by atoms with Crippen LogP contribution in [0.25, 0.3) is 0 Å². The first-order valence-electron chi connectivity index (χ1n) is 5.00. The van der Waals surface area contributed by atoms with Gasteiger partial charge in [-0.2, -0.15) is 5.26 Å². The van der Waals surface area contributed by atoms with Crippen LogP contribution in [-0.4, -0.2) is 4.98 Å². The standard InChI is InChI=1S/C13H9ClN2O/c1-9-7-10(4-5-11(9)14)17-13-3-2-6-16-12(13)8-15/h2-7H,1H3. The van der Waals surface area contributed by atoms with Crippen molar-refractivity contribution in [2.75, 3.05) is 0 Å². The molecule has 0 fully saturated rings. The molecule has 0 unspecified atom stereocenters. The molecule has 0 aliphatic rings. The molecule has 0 radical (unpaired) electrons. The summed E-state index contributed by atoms with van der Waals surface area (Å²) in [6.45, 7) is 1.89. The summed E-state index contributed by atoms with van der Waals surface area (Å²) in [7, 11) is 0. The van der Waals surface area contributed by atoms with Gasteiger partial charge in [-0.3, -0.25) is 0 Å². The van der Waals surface area contributed by atoms with Crippen molar-refractivity contribution in [3.05, 3.63) is 52.8 Å². The Labute approximate surface area is 104 Å². The van der Waals surface area contributed by atoms with Gasteiger partial charge in [0, 0.05) is 11.2 Å². The molecule has 0 aliphatic heterocycles. The first-order chi connectivity index (χ1) is 8.20. The lowest BCUT2D eigenvalue weighted by atomic mass is 10.2. The highest BCUT2D eigenvalue weighted by atomic mass is 35.5. The third kappa shape index (κ3) is 2.55. The number of pyridine rings is 1. The zero-order chi connectivity index (χ0) is 12.3. The number of benzene rings is 1. The fourth-order valence-electron chi connectivity index (χ4n) is 1.36. The summed E-state index contributed by atoms with van der Waals surface area (Å²) < 4.78 is 5.59. The second-order valence-corrected chi connectivity index (χ2v) is 3.88. The molecule has 3 nitrogen and oxygen atoms in total. The van der Waals surface area contributed by atoms with Crippen LogP contribution in [0.1, 0.15) is 11.3 Å². The van der Waals surface area contributed by atoms with Crippen molar-refractivity contribution in [3.8, 4) is 17.6 Å². The van der Waals surface area contributed by atoms with E-state index < -0.39 is 0 Å². The largest absolute Gasteiger partial charge is 0.454 e. The fourth-order valence-corrected chi connectivity index (χ4v) is 1.48. The molecule has 0 bridgehead atoms. The van der Waals surface area contributed by atoms with E-state index in [1.807, 2.05) is 19.1 Å². The maximum atomic E-state index is 8.88. The Kier molecular flexibility index (Phi) is 3.27. The van der Waals surface area contributed by atoms with Gasteiger partial charge in [-0.25, -0.2) is 4.98 Å². The average Bonchev–Trinajstić information content (AvgIpc) is 2.34. The summed E-state index contributed by atoms with van der Waals surface area (Å²) in [4.78, 5) is 3.92. The lowest BCUT2D eigenvalue weighted by Gasteiger charge is -2.07. The van der Waals surface area contributed by atoms with Crippen LogP contribution >= 0.6 is 11.6 Å². The Bertz CT molecular complexity index is 590. The maximum absolute atomic E-state index is 8.88. The molecule has 0 spiro atoms. The molecule has 0 saturated carbocycles. The zero-order valence-corrected chi connectivity index (χ0v) is 9.90. The molecule has 84 valence electrons. The van der Waals surface area contributed by atoms with E-state index in [1.54, 1.807) is 30.5 Å². The van der Waals surface area contributed by atoms with Gasteiger partial charge >= 0.3 is 0 Å². The van der Waals surface area contributed by atoms with Crippen LogP contribution in [-0.2, 0) is 0 Å². The van der Waals surface area contributed by atoms with Crippen LogP contribution in [0.4, 0.5) is 0 Å². The highest BCUT2D eigenvalue weighted by Crippen LogP contribution is 2.26. The average molecular weight is 245 g/mol. The maximum Gasteiger partial charge on any atom is 0.183 e. The molecule has 1 aromatic heterocycles. The Morgan fingerprint density at radius 1 is 1.35 bits per heavy atom. The molecule has 1 aromatic carbocycles. The minimum Gasteiger partial charge on any atom is -0.454 e. The Hall–Kier alpha value is -2.05. The number of rotatable bonds is 2. The number of aryl methyl sites for hydroxylation is 1. The molecule has 0 saturated heterocycles. The number of aromatic nitrogens is 1. The van der Waals surface area contributed by atoms with E-state index in [0.717, 1.165) is 5.56 Å². The van der Waals surface area contributed by atoms with Crippen LogP contribution < -0.4 is 4.74 Å². The summed E-state index contributed by atoms with van der Waals surface area (Å²) >= 11 is 5.92. The van der Waals surface area contributed by atoms with Crippen molar-refractivity contribution in [1.82, 2.24) is 4.98 Å². The summed E-state index contributed by atoms with van der Waals surface area (Å²) in [6, 6.07) is 10.7. The van der Waals surface area contributed by atoms with Crippen molar-refractivity contribution in [3.63, 3.8) is 0 Å². The SMILES string of the molecule is Cc1cc(Oc2cccnc2C#N)ccc1Cl. The van der Waals surface area contributed by atoms with Crippen LogP contribution in [0.3, 0.4) is 0 Å². The van der Waals surface area contributed by atoms with Gasteiger partial charge in [-0.1, -0.05) is 11.6 Å². The van der Waals surface area contributed by atoms with E-state index in [1.165, 1.54) is 0 Å². The number of hydrogen-bond donors (Lipinski definition) is 0. The molecule has 17 heavy (non-hydrogen) atoms. The Morgan fingerprint density at radius 3 is 2.88 bits per heavy atom. The zero-order valence-electron chi connectivity index (χ0n) is 9.14. The lowest BCUT2D eigenvalue weighted by Crippen LogP contribution is -1.91. The molecule has 4 heteroatoms. The van der Waals surface area contributed by atoms with E-state index in [4.69, 9.17) is 21.6 Å². The number of hydrogen-bond acceptors (Lipinski definition) is 3. The van der Waals surface area contributed by atoms with Gasteiger partial charge in [0.15, 0.2) is 11.4 Å². The van der Waals surface area contributed by atoms with Crippen molar-refractivity contribution in [1.29, 1.82) is 5.26 Å². The minimum absolute atomic E-state index is 0.264. The quantitative estimate of drug-likeness (QED) is 0.809. The second kappa shape index (κ2) is 4.86.